The topological polar surface area (TPSA) is 128 Å². The van der Waals surface area contributed by atoms with Gasteiger partial charge in [0.05, 0.1) is 17.7 Å². The van der Waals surface area contributed by atoms with E-state index in [0.717, 1.165) is 37.8 Å². The van der Waals surface area contributed by atoms with Gasteiger partial charge in [-0.3, -0.25) is 14.5 Å². The lowest BCUT2D eigenvalue weighted by Crippen LogP contribution is -2.65. The van der Waals surface area contributed by atoms with Crippen LogP contribution in [0.15, 0.2) is 23.9 Å². The van der Waals surface area contributed by atoms with Gasteiger partial charge >= 0.3 is 11.9 Å². The van der Waals surface area contributed by atoms with Crippen molar-refractivity contribution in [1.82, 2.24) is 9.96 Å². The van der Waals surface area contributed by atoms with Crippen molar-refractivity contribution in [1.29, 1.82) is 0 Å². The molecule has 0 aromatic rings. The number of carbonyl (C=O) groups excluding carboxylic acids is 1. The second-order valence-electron chi connectivity index (χ2n) is 13.0. The SMILES string of the molecule is C=C1C[C@H]2[C@@H]3CCC(=O)[C@@]3(C)CC[C@@H]2[C@@]2(C)CCC(N(OC3CCCN3C)C(=CC(=O)O)C(=O)O)C[C@]12O. The maximum atomic E-state index is 12.8. The molecule has 9 heteroatoms. The van der Waals surface area contributed by atoms with E-state index in [4.69, 9.17) is 4.84 Å². The Bertz CT molecular complexity index is 1070. The number of carboxylic acids is 2. The van der Waals surface area contributed by atoms with E-state index >= 15 is 0 Å². The maximum Gasteiger partial charge on any atom is 0.354 e. The number of aliphatic carboxylic acids is 2. The first-order valence-corrected chi connectivity index (χ1v) is 14.1. The number of hydrogen-bond donors (Lipinski definition) is 3. The quantitative estimate of drug-likeness (QED) is 0.268. The first-order valence-electron chi connectivity index (χ1n) is 14.1. The minimum atomic E-state index is -1.38. The van der Waals surface area contributed by atoms with Crippen molar-refractivity contribution in [2.45, 2.75) is 95.9 Å². The summed E-state index contributed by atoms with van der Waals surface area (Å²) in [7, 11) is 1.90. The monoisotopic (exact) mass is 530 g/mol. The van der Waals surface area contributed by atoms with Gasteiger partial charge in [0.2, 0.25) is 0 Å². The Hall–Kier alpha value is -2.23. The van der Waals surface area contributed by atoms with E-state index in [0.29, 0.717) is 55.8 Å². The van der Waals surface area contributed by atoms with E-state index in [2.05, 4.69) is 20.4 Å². The zero-order valence-electron chi connectivity index (χ0n) is 22.8. The number of rotatable bonds is 6. The second kappa shape index (κ2) is 9.45. The highest BCUT2D eigenvalue weighted by Crippen LogP contribution is 2.67. The normalized spacial score (nSPS) is 43.4. The third-order valence-corrected chi connectivity index (χ3v) is 11.2. The average Bonchev–Trinajstić information content (AvgIpc) is 3.39. The van der Waals surface area contributed by atoms with Gasteiger partial charge in [-0.25, -0.2) is 14.7 Å². The van der Waals surface area contributed by atoms with Gasteiger partial charge in [-0.05, 0) is 81.7 Å². The molecule has 0 spiro atoms. The van der Waals surface area contributed by atoms with Crippen molar-refractivity contribution in [3.8, 4) is 0 Å². The maximum absolute atomic E-state index is 12.8. The number of fused-ring (bicyclic) bond motifs is 5. The Morgan fingerprint density at radius 3 is 2.50 bits per heavy atom. The Morgan fingerprint density at radius 2 is 1.87 bits per heavy atom. The highest BCUT2D eigenvalue weighted by molar-refractivity contribution is 5.94. The van der Waals surface area contributed by atoms with Crippen LogP contribution in [0, 0.1) is 28.6 Å². The van der Waals surface area contributed by atoms with E-state index in [-0.39, 0.29) is 24.0 Å². The van der Waals surface area contributed by atoms with Gasteiger partial charge in [0.25, 0.3) is 0 Å². The van der Waals surface area contributed by atoms with Crippen LogP contribution >= 0.6 is 0 Å². The lowest BCUT2D eigenvalue weighted by Gasteiger charge is -2.64. The number of Topliss-reactive ketones (excluding diaryl/α,β-unsaturated/α-hetero) is 1. The Kier molecular flexibility index (Phi) is 6.80. The summed E-state index contributed by atoms with van der Waals surface area (Å²) in [6.07, 6.45) is 7.22. The number of aliphatic hydroxyl groups is 1. The molecule has 1 saturated heterocycles. The fourth-order valence-electron chi connectivity index (χ4n) is 9.00. The molecule has 2 unspecified atom stereocenters. The zero-order valence-corrected chi connectivity index (χ0v) is 22.8. The van der Waals surface area contributed by atoms with Gasteiger partial charge in [-0.1, -0.05) is 20.4 Å². The van der Waals surface area contributed by atoms with Gasteiger partial charge < -0.3 is 15.3 Å². The fourth-order valence-corrected chi connectivity index (χ4v) is 9.00. The number of carboxylic acid groups (broad SMARTS) is 2. The van der Waals surface area contributed by atoms with Crippen LogP contribution in [0.4, 0.5) is 0 Å². The van der Waals surface area contributed by atoms with Crippen LogP contribution < -0.4 is 0 Å². The van der Waals surface area contributed by atoms with Gasteiger partial charge in [-0.2, -0.15) is 0 Å². The predicted molar refractivity (Wildman–Crippen MR) is 138 cm³/mol. The lowest BCUT2D eigenvalue weighted by molar-refractivity contribution is -0.257. The van der Waals surface area contributed by atoms with Crippen LogP contribution in [0.3, 0.4) is 0 Å². The largest absolute Gasteiger partial charge is 0.478 e. The molecule has 9 nitrogen and oxygen atoms in total. The number of ketones is 1. The Balaban J connectivity index is 1.46. The molecule has 38 heavy (non-hydrogen) atoms. The van der Waals surface area contributed by atoms with Crippen LogP contribution in [-0.4, -0.2) is 74.5 Å². The third-order valence-electron chi connectivity index (χ3n) is 11.2. The summed E-state index contributed by atoms with van der Waals surface area (Å²) in [5, 5.41) is 33.1. The number of hydroxylamine groups is 2. The molecule has 5 rings (SSSR count). The van der Waals surface area contributed by atoms with Crippen molar-refractivity contribution in [3.05, 3.63) is 23.9 Å². The minimum absolute atomic E-state index is 0.215. The van der Waals surface area contributed by atoms with Crippen molar-refractivity contribution in [2.75, 3.05) is 13.6 Å². The molecule has 0 bridgehead atoms. The summed E-state index contributed by atoms with van der Waals surface area (Å²) in [5.41, 5.74) is -1.69. The van der Waals surface area contributed by atoms with Gasteiger partial charge in [0, 0.05) is 30.2 Å². The van der Waals surface area contributed by atoms with E-state index in [1.54, 1.807) is 0 Å². The molecule has 210 valence electrons. The average molecular weight is 531 g/mol. The fraction of sp³-hybridized carbons (Fsp3) is 0.759. The van der Waals surface area contributed by atoms with Crippen molar-refractivity contribution < 1.29 is 34.5 Å². The second-order valence-corrected chi connectivity index (χ2v) is 13.0. The standard InChI is InChI=1S/C29H42N2O7/c1-17-14-19-20-7-8-23(32)27(20,2)11-10-21(19)28(3)12-9-18(16-29(17,28)37)31(22(26(35)36)15-25(33)34)38-24-6-5-13-30(24)4/h15,18-21,24,37H,1,5-14,16H2,2-4H3,(H,33,34)(H,35,36)/t18?,19-,20-,21-,24?,27-,28+,29-/m0/s1. The van der Waals surface area contributed by atoms with Crippen LogP contribution in [0.1, 0.15) is 78.1 Å². The predicted octanol–water partition coefficient (Wildman–Crippen LogP) is 3.59. The highest BCUT2D eigenvalue weighted by atomic mass is 16.7. The molecule has 0 radical (unpaired) electrons. The zero-order chi connectivity index (χ0) is 27.6. The Labute approximate surface area is 224 Å². The molecule has 4 aliphatic carbocycles. The van der Waals surface area contributed by atoms with E-state index in [1.807, 2.05) is 11.9 Å². The smallest absolute Gasteiger partial charge is 0.354 e. The summed E-state index contributed by atoms with van der Waals surface area (Å²) >= 11 is 0. The molecule has 1 heterocycles. The lowest BCUT2D eigenvalue weighted by atomic mass is 9.42. The van der Waals surface area contributed by atoms with Gasteiger partial charge in [0.15, 0.2) is 5.70 Å². The van der Waals surface area contributed by atoms with Crippen LogP contribution in [-0.2, 0) is 19.2 Å². The molecular formula is C29H42N2O7. The molecule has 5 aliphatic rings. The summed E-state index contributed by atoms with van der Waals surface area (Å²) in [6.45, 7) is 9.45. The number of nitrogens with zero attached hydrogens (tertiary/aromatic N) is 2. The third kappa shape index (κ3) is 4.04. The number of hydrogen-bond acceptors (Lipinski definition) is 7. The molecule has 5 fully saturated rings. The first-order chi connectivity index (χ1) is 17.8. The number of likely N-dealkylation sites (tertiary alicyclic amines) is 1. The van der Waals surface area contributed by atoms with Gasteiger partial charge in [0.1, 0.15) is 12.0 Å². The summed E-state index contributed by atoms with van der Waals surface area (Å²) in [5.74, 6) is -1.52. The molecule has 0 aromatic carbocycles. The summed E-state index contributed by atoms with van der Waals surface area (Å²) in [4.78, 5) is 44.8. The van der Waals surface area contributed by atoms with E-state index in [9.17, 15) is 29.7 Å². The van der Waals surface area contributed by atoms with Crippen molar-refractivity contribution in [2.24, 2.45) is 28.6 Å². The number of carbonyl (C=O) groups is 3. The summed E-state index contributed by atoms with van der Waals surface area (Å²) in [6, 6.07) is -0.529. The van der Waals surface area contributed by atoms with Crippen LogP contribution in [0.5, 0.6) is 0 Å². The van der Waals surface area contributed by atoms with Crippen LogP contribution in [0.25, 0.3) is 0 Å². The molecule has 3 N–H and O–H groups in total. The highest BCUT2D eigenvalue weighted by Gasteiger charge is 2.66. The van der Waals surface area contributed by atoms with E-state index < -0.39 is 34.7 Å². The first kappa shape index (κ1) is 27.3. The molecule has 0 amide bonds. The molecule has 4 saturated carbocycles. The van der Waals surface area contributed by atoms with Crippen molar-refractivity contribution >= 4 is 17.7 Å². The molecule has 8 atom stereocenters. The molecule has 1 aliphatic heterocycles. The molecular weight excluding hydrogens is 488 g/mol. The summed E-state index contributed by atoms with van der Waals surface area (Å²) < 4.78 is 0. The molecule has 0 aromatic heterocycles. The van der Waals surface area contributed by atoms with E-state index in [1.165, 1.54) is 5.06 Å². The van der Waals surface area contributed by atoms with Gasteiger partial charge in [-0.15, -0.1) is 0 Å². The minimum Gasteiger partial charge on any atom is -0.478 e. The van der Waals surface area contributed by atoms with Crippen molar-refractivity contribution in [3.63, 3.8) is 0 Å². The van der Waals surface area contributed by atoms with Crippen LogP contribution in [0.2, 0.25) is 0 Å². The Morgan fingerprint density at radius 1 is 1.13 bits per heavy atom.